The Morgan fingerprint density at radius 3 is 2.60 bits per heavy atom. The lowest BCUT2D eigenvalue weighted by atomic mass is 10.1. The van der Waals surface area contributed by atoms with E-state index in [4.69, 9.17) is 5.11 Å². The Hall–Kier alpha value is -1.24. The van der Waals surface area contributed by atoms with Crippen LogP contribution in [0.25, 0.3) is 0 Å². The van der Waals surface area contributed by atoms with E-state index in [0.29, 0.717) is 9.65 Å². The SMILES string of the molecule is O=C(O)/C=C/C(=O)c1cc(I)ccc1F. The lowest BCUT2D eigenvalue weighted by Crippen LogP contribution is -2.00. The van der Waals surface area contributed by atoms with E-state index in [-0.39, 0.29) is 5.56 Å². The maximum atomic E-state index is 13.1. The molecule has 0 aliphatic rings. The predicted molar refractivity (Wildman–Crippen MR) is 60.2 cm³/mol. The lowest BCUT2D eigenvalue weighted by Gasteiger charge is -1.98. The molecule has 0 aliphatic carbocycles. The first-order chi connectivity index (χ1) is 7.00. The fraction of sp³-hybridized carbons (Fsp3) is 0. The Bertz CT molecular complexity index is 440. The van der Waals surface area contributed by atoms with E-state index in [0.717, 1.165) is 6.08 Å². The van der Waals surface area contributed by atoms with Crippen LogP contribution in [0.3, 0.4) is 0 Å². The molecule has 0 heterocycles. The summed E-state index contributed by atoms with van der Waals surface area (Å²) in [6.07, 6.45) is 1.51. The first kappa shape index (κ1) is 11.8. The Morgan fingerprint density at radius 1 is 1.33 bits per heavy atom. The minimum absolute atomic E-state index is 0.126. The molecular formula is C10H6FIO3. The molecule has 0 radical (unpaired) electrons. The van der Waals surface area contributed by atoms with Gasteiger partial charge in [0.15, 0.2) is 5.78 Å². The van der Waals surface area contributed by atoms with E-state index in [1.165, 1.54) is 18.2 Å². The van der Waals surface area contributed by atoms with Crippen molar-refractivity contribution >= 4 is 34.3 Å². The summed E-state index contributed by atoms with van der Waals surface area (Å²) in [7, 11) is 0. The molecule has 0 unspecified atom stereocenters. The molecule has 0 amide bonds. The molecule has 0 atom stereocenters. The highest BCUT2D eigenvalue weighted by atomic mass is 127. The van der Waals surface area contributed by atoms with Crippen molar-refractivity contribution in [3.05, 3.63) is 45.3 Å². The van der Waals surface area contributed by atoms with Crippen LogP contribution in [0.5, 0.6) is 0 Å². The zero-order valence-electron chi connectivity index (χ0n) is 7.41. The zero-order chi connectivity index (χ0) is 11.4. The molecule has 0 fully saturated rings. The quantitative estimate of drug-likeness (QED) is 0.528. The highest BCUT2D eigenvalue weighted by Crippen LogP contribution is 2.13. The van der Waals surface area contributed by atoms with Crippen LogP contribution >= 0.6 is 22.6 Å². The first-order valence-electron chi connectivity index (χ1n) is 3.91. The zero-order valence-corrected chi connectivity index (χ0v) is 9.56. The topological polar surface area (TPSA) is 54.4 Å². The van der Waals surface area contributed by atoms with Crippen LogP contribution < -0.4 is 0 Å². The fourth-order valence-corrected chi connectivity index (χ4v) is 1.41. The fourth-order valence-electron chi connectivity index (χ4n) is 0.923. The van der Waals surface area contributed by atoms with Gasteiger partial charge in [0, 0.05) is 9.65 Å². The summed E-state index contributed by atoms with van der Waals surface area (Å²) >= 11 is 1.94. The summed E-state index contributed by atoms with van der Waals surface area (Å²) < 4.78 is 13.8. The number of carboxylic acids is 1. The van der Waals surface area contributed by atoms with Crippen LogP contribution in [0.1, 0.15) is 10.4 Å². The number of benzene rings is 1. The molecule has 1 aromatic rings. The summed E-state index contributed by atoms with van der Waals surface area (Å²) in [5, 5.41) is 8.30. The normalized spacial score (nSPS) is 10.5. The average molecular weight is 320 g/mol. The molecule has 0 aromatic heterocycles. The molecule has 0 saturated heterocycles. The van der Waals surface area contributed by atoms with Gasteiger partial charge in [-0.05, 0) is 46.9 Å². The molecular weight excluding hydrogens is 314 g/mol. The number of ketones is 1. The molecule has 5 heteroatoms. The van der Waals surface area contributed by atoms with Gasteiger partial charge in [-0.2, -0.15) is 0 Å². The third-order valence-corrected chi connectivity index (χ3v) is 2.24. The van der Waals surface area contributed by atoms with Crippen LogP contribution in [-0.2, 0) is 4.79 Å². The molecule has 0 aliphatic heterocycles. The summed E-state index contributed by atoms with van der Waals surface area (Å²) in [4.78, 5) is 21.5. The van der Waals surface area contributed by atoms with E-state index in [1.54, 1.807) is 0 Å². The van der Waals surface area contributed by atoms with Crippen molar-refractivity contribution in [1.29, 1.82) is 0 Å². The Balaban J connectivity index is 3.01. The molecule has 3 nitrogen and oxygen atoms in total. The highest BCUT2D eigenvalue weighted by Gasteiger charge is 2.09. The van der Waals surface area contributed by atoms with Crippen LogP contribution in [0.4, 0.5) is 4.39 Å². The molecule has 1 aromatic carbocycles. The minimum atomic E-state index is -1.24. The van der Waals surface area contributed by atoms with Crippen molar-refractivity contribution < 1.29 is 19.1 Å². The number of carboxylic acid groups (broad SMARTS) is 1. The van der Waals surface area contributed by atoms with Gasteiger partial charge in [0.25, 0.3) is 0 Å². The minimum Gasteiger partial charge on any atom is -0.478 e. The van der Waals surface area contributed by atoms with E-state index >= 15 is 0 Å². The average Bonchev–Trinajstić information content (AvgIpc) is 2.18. The van der Waals surface area contributed by atoms with Gasteiger partial charge >= 0.3 is 5.97 Å². The molecule has 0 spiro atoms. The van der Waals surface area contributed by atoms with Crippen LogP contribution in [-0.4, -0.2) is 16.9 Å². The van der Waals surface area contributed by atoms with E-state index in [9.17, 15) is 14.0 Å². The van der Waals surface area contributed by atoms with Crippen LogP contribution in [0.15, 0.2) is 30.4 Å². The Kier molecular flexibility index (Phi) is 3.96. The number of allylic oxidation sites excluding steroid dienone is 1. The molecule has 0 bridgehead atoms. The lowest BCUT2D eigenvalue weighted by molar-refractivity contribution is -0.131. The summed E-state index contributed by atoms with van der Waals surface area (Å²) in [6.45, 7) is 0. The second-order valence-corrected chi connectivity index (χ2v) is 3.91. The van der Waals surface area contributed by atoms with Gasteiger partial charge in [0.2, 0.25) is 0 Å². The van der Waals surface area contributed by atoms with Crippen LogP contribution in [0, 0.1) is 9.39 Å². The predicted octanol–water partition coefficient (Wildman–Crippen LogP) is 2.25. The summed E-state index contributed by atoms with van der Waals surface area (Å²) in [5.41, 5.74) is -0.126. The molecule has 1 rings (SSSR count). The third kappa shape index (κ3) is 3.43. The van der Waals surface area contributed by atoms with E-state index in [1.807, 2.05) is 22.6 Å². The van der Waals surface area contributed by atoms with Gasteiger partial charge in [-0.1, -0.05) is 0 Å². The van der Waals surface area contributed by atoms with Gasteiger partial charge in [-0.25, -0.2) is 9.18 Å². The molecule has 78 valence electrons. The summed E-state index contributed by atoms with van der Waals surface area (Å²) in [5.74, 6) is -2.56. The number of aliphatic carboxylic acids is 1. The molecule has 1 N–H and O–H groups in total. The van der Waals surface area contributed by atoms with Gasteiger partial charge in [-0.15, -0.1) is 0 Å². The van der Waals surface area contributed by atoms with Gasteiger partial charge < -0.3 is 5.11 Å². The Morgan fingerprint density at radius 2 is 2.00 bits per heavy atom. The monoisotopic (exact) mass is 320 g/mol. The highest BCUT2D eigenvalue weighted by molar-refractivity contribution is 14.1. The molecule has 0 saturated carbocycles. The second kappa shape index (κ2) is 5.01. The van der Waals surface area contributed by atoms with Crippen molar-refractivity contribution in [2.24, 2.45) is 0 Å². The largest absolute Gasteiger partial charge is 0.478 e. The van der Waals surface area contributed by atoms with Gasteiger partial charge in [-0.3, -0.25) is 4.79 Å². The maximum Gasteiger partial charge on any atom is 0.328 e. The molecule has 15 heavy (non-hydrogen) atoms. The van der Waals surface area contributed by atoms with E-state index in [2.05, 4.69) is 0 Å². The Labute approximate surface area is 98.7 Å². The number of hydrogen-bond acceptors (Lipinski definition) is 2. The van der Waals surface area contributed by atoms with Crippen molar-refractivity contribution in [1.82, 2.24) is 0 Å². The van der Waals surface area contributed by atoms with Crippen molar-refractivity contribution in [2.45, 2.75) is 0 Å². The van der Waals surface area contributed by atoms with Crippen LogP contribution in [0.2, 0.25) is 0 Å². The van der Waals surface area contributed by atoms with Crippen molar-refractivity contribution in [2.75, 3.05) is 0 Å². The standard InChI is InChI=1S/C10H6FIO3/c11-8-2-1-6(12)5-7(8)9(13)3-4-10(14)15/h1-5H,(H,14,15)/b4-3+. The van der Waals surface area contributed by atoms with Crippen molar-refractivity contribution in [3.63, 3.8) is 0 Å². The number of halogens is 2. The number of rotatable bonds is 3. The van der Waals surface area contributed by atoms with E-state index < -0.39 is 17.6 Å². The number of hydrogen-bond donors (Lipinski definition) is 1. The maximum absolute atomic E-state index is 13.1. The number of carbonyl (C=O) groups excluding carboxylic acids is 1. The number of carbonyl (C=O) groups is 2. The smallest absolute Gasteiger partial charge is 0.328 e. The second-order valence-electron chi connectivity index (χ2n) is 2.66. The summed E-state index contributed by atoms with van der Waals surface area (Å²) in [6, 6.07) is 4.06. The van der Waals surface area contributed by atoms with Gasteiger partial charge in [0.05, 0.1) is 5.56 Å². The van der Waals surface area contributed by atoms with Crippen molar-refractivity contribution in [3.8, 4) is 0 Å². The first-order valence-corrected chi connectivity index (χ1v) is 4.99. The van der Waals surface area contributed by atoms with Gasteiger partial charge in [0.1, 0.15) is 5.82 Å². The third-order valence-electron chi connectivity index (χ3n) is 1.57.